The van der Waals surface area contributed by atoms with Crippen LogP contribution in [0.2, 0.25) is 0 Å². The molecule has 1 aliphatic rings. The first-order valence-corrected chi connectivity index (χ1v) is 8.84. The Morgan fingerprint density at radius 3 is 3.00 bits per heavy atom. The number of methoxy groups -OCH3 is 1. The maximum absolute atomic E-state index is 10.4. The number of hydrogen-bond acceptors (Lipinski definition) is 6. The first-order valence-electron chi connectivity index (χ1n) is 8.84. The van der Waals surface area contributed by atoms with Gasteiger partial charge >= 0.3 is 0 Å². The molecule has 0 amide bonds. The zero-order chi connectivity index (χ0) is 17.8. The van der Waals surface area contributed by atoms with Gasteiger partial charge in [0.15, 0.2) is 5.82 Å². The van der Waals surface area contributed by atoms with Crippen LogP contribution in [0.4, 0.5) is 0 Å². The molecule has 7 nitrogen and oxygen atoms in total. The summed E-state index contributed by atoms with van der Waals surface area (Å²) in [5, 5.41) is 21.1. The van der Waals surface area contributed by atoms with Crippen molar-refractivity contribution in [2.45, 2.75) is 51.2 Å². The van der Waals surface area contributed by atoms with Crippen LogP contribution in [0.1, 0.15) is 42.9 Å². The highest BCUT2D eigenvalue weighted by molar-refractivity contribution is 5.21. The summed E-state index contributed by atoms with van der Waals surface area (Å²) in [4.78, 5) is 8.55. The molecule has 3 rings (SSSR count). The van der Waals surface area contributed by atoms with Crippen LogP contribution in [0, 0.1) is 12.8 Å². The van der Waals surface area contributed by atoms with E-state index in [1.165, 1.54) is 5.56 Å². The summed E-state index contributed by atoms with van der Waals surface area (Å²) < 4.78 is 5.17. The smallest absolute Gasteiger partial charge is 0.213 e. The van der Waals surface area contributed by atoms with Gasteiger partial charge in [-0.2, -0.15) is 5.10 Å². The average molecular weight is 345 g/mol. The van der Waals surface area contributed by atoms with Gasteiger partial charge in [0, 0.05) is 30.8 Å². The minimum absolute atomic E-state index is 0.234. The molecule has 0 bridgehead atoms. The quantitative estimate of drug-likeness (QED) is 0.705. The third-order valence-corrected chi connectivity index (χ3v) is 4.92. The zero-order valence-corrected chi connectivity index (χ0v) is 15.1. The van der Waals surface area contributed by atoms with Gasteiger partial charge in [0.2, 0.25) is 5.88 Å². The Morgan fingerprint density at radius 2 is 2.28 bits per heavy atom. The van der Waals surface area contributed by atoms with Crippen molar-refractivity contribution in [3.63, 3.8) is 0 Å². The van der Waals surface area contributed by atoms with Gasteiger partial charge in [-0.05, 0) is 50.7 Å². The number of H-pyrrole nitrogens is 1. The number of rotatable bonds is 7. The molecule has 7 heteroatoms. The number of nitrogens with zero attached hydrogens (tertiary/aromatic N) is 3. The number of nitrogens with one attached hydrogen (secondary N) is 2. The van der Waals surface area contributed by atoms with E-state index in [1.807, 2.05) is 19.1 Å². The summed E-state index contributed by atoms with van der Waals surface area (Å²) >= 11 is 0. The van der Waals surface area contributed by atoms with E-state index in [1.54, 1.807) is 13.3 Å². The van der Waals surface area contributed by atoms with Crippen LogP contribution in [0.15, 0.2) is 18.3 Å². The van der Waals surface area contributed by atoms with Gasteiger partial charge in [-0.25, -0.2) is 9.97 Å². The number of aliphatic hydroxyl groups excluding tert-OH is 1. The van der Waals surface area contributed by atoms with Crippen LogP contribution in [0.3, 0.4) is 0 Å². The van der Waals surface area contributed by atoms with Crippen LogP contribution in [-0.4, -0.2) is 51.1 Å². The van der Waals surface area contributed by atoms with Crippen molar-refractivity contribution in [3.8, 4) is 5.88 Å². The summed E-state index contributed by atoms with van der Waals surface area (Å²) in [7, 11) is 1.63. The lowest BCUT2D eigenvalue weighted by Crippen LogP contribution is -2.35. The Morgan fingerprint density at radius 1 is 1.44 bits per heavy atom. The number of aryl methyl sites for hydroxylation is 1. The molecule has 1 saturated carbocycles. The van der Waals surface area contributed by atoms with E-state index in [0.717, 1.165) is 37.5 Å². The summed E-state index contributed by atoms with van der Waals surface area (Å²) in [6.45, 7) is 4.85. The van der Waals surface area contributed by atoms with Gasteiger partial charge in [0.05, 0.1) is 13.2 Å². The van der Waals surface area contributed by atoms with Crippen molar-refractivity contribution in [3.05, 3.63) is 35.5 Å². The van der Waals surface area contributed by atoms with Gasteiger partial charge in [-0.1, -0.05) is 0 Å². The number of aromatic nitrogens is 4. The van der Waals surface area contributed by atoms with Crippen molar-refractivity contribution in [1.29, 1.82) is 0 Å². The molecule has 3 N–H and O–H groups in total. The van der Waals surface area contributed by atoms with Crippen molar-refractivity contribution in [2.75, 3.05) is 13.7 Å². The van der Waals surface area contributed by atoms with Crippen molar-refractivity contribution < 1.29 is 9.84 Å². The van der Waals surface area contributed by atoms with Crippen LogP contribution >= 0.6 is 0 Å². The number of aliphatic hydroxyl groups is 1. The number of ether oxygens (including phenoxy) is 1. The number of aromatic amines is 1. The monoisotopic (exact) mass is 345 g/mol. The second-order valence-corrected chi connectivity index (χ2v) is 6.99. The lowest BCUT2D eigenvalue weighted by Gasteiger charge is -2.19. The molecule has 0 aliphatic heterocycles. The van der Waals surface area contributed by atoms with Crippen molar-refractivity contribution in [1.82, 2.24) is 25.5 Å². The first-order chi connectivity index (χ1) is 12.0. The number of pyridine rings is 1. The Labute approximate surface area is 148 Å². The molecule has 0 saturated heterocycles. The molecule has 0 spiro atoms. The molecule has 1 unspecified atom stereocenters. The van der Waals surface area contributed by atoms with Gasteiger partial charge in [-0.3, -0.25) is 5.10 Å². The fraction of sp³-hybridized carbons (Fsp3) is 0.611. The van der Waals surface area contributed by atoms with E-state index in [0.29, 0.717) is 11.9 Å². The minimum Gasteiger partial charge on any atom is -0.481 e. The molecule has 4 atom stereocenters. The molecule has 25 heavy (non-hydrogen) atoms. The Bertz CT molecular complexity index is 690. The maximum Gasteiger partial charge on any atom is 0.213 e. The van der Waals surface area contributed by atoms with E-state index in [4.69, 9.17) is 4.74 Å². The van der Waals surface area contributed by atoms with E-state index in [-0.39, 0.29) is 17.9 Å². The third-order valence-electron chi connectivity index (χ3n) is 4.92. The summed E-state index contributed by atoms with van der Waals surface area (Å²) in [6.07, 6.45) is 4.02. The second-order valence-electron chi connectivity index (χ2n) is 6.99. The molecular weight excluding hydrogens is 318 g/mol. The second kappa shape index (κ2) is 7.93. The highest BCUT2D eigenvalue weighted by atomic mass is 16.5. The third kappa shape index (κ3) is 4.55. The molecule has 2 aromatic rings. The Kier molecular flexibility index (Phi) is 5.65. The van der Waals surface area contributed by atoms with Gasteiger partial charge in [0.25, 0.3) is 0 Å². The van der Waals surface area contributed by atoms with E-state index >= 15 is 0 Å². The van der Waals surface area contributed by atoms with Gasteiger partial charge in [0.1, 0.15) is 5.82 Å². The van der Waals surface area contributed by atoms with E-state index in [9.17, 15) is 5.11 Å². The molecule has 2 heterocycles. The first kappa shape index (κ1) is 17.8. The SMILES string of the molecule is COc1cc(CC(C)NC[C@H]2C[C@H](c3n[nH]c(C)n3)C[C@H]2O)ccn1. The average Bonchev–Trinajstić information content (AvgIpc) is 3.19. The normalized spacial score (nSPS) is 24.4. The molecule has 0 aromatic carbocycles. The maximum atomic E-state index is 10.4. The summed E-state index contributed by atoms with van der Waals surface area (Å²) in [5.74, 6) is 2.77. The molecular formula is C18H27N5O2. The molecule has 0 radical (unpaired) electrons. The van der Waals surface area contributed by atoms with Crippen molar-refractivity contribution >= 4 is 0 Å². The van der Waals surface area contributed by atoms with Crippen LogP contribution in [0.5, 0.6) is 5.88 Å². The molecule has 1 aliphatic carbocycles. The van der Waals surface area contributed by atoms with Crippen molar-refractivity contribution in [2.24, 2.45) is 5.92 Å². The van der Waals surface area contributed by atoms with E-state index < -0.39 is 0 Å². The Balaban J connectivity index is 1.49. The largest absolute Gasteiger partial charge is 0.481 e. The Hall–Kier alpha value is -1.99. The van der Waals surface area contributed by atoms with Gasteiger partial charge in [-0.15, -0.1) is 0 Å². The highest BCUT2D eigenvalue weighted by Gasteiger charge is 2.35. The van der Waals surface area contributed by atoms with Crippen LogP contribution in [0.25, 0.3) is 0 Å². The van der Waals surface area contributed by atoms with E-state index in [2.05, 4.69) is 32.4 Å². The predicted octanol–water partition coefficient (Wildman–Crippen LogP) is 1.59. The predicted molar refractivity (Wildman–Crippen MR) is 94.5 cm³/mol. The zero-order valence-electron chi connectivity index (χ0n) is 15.1. The van der Waals surface area contributed by atoms with Crippen LogP contribution in [-0.2, 0) is 6.42 Å². The number of hydrogen-bond donors (Lipinski definition) is 3. The molecule has 1 fully saturated rings. The topological polar surface area (TPSA) is 96.0 Å². The van der Waals surface area contributed by atoms with Crippen LogP contribution < -0.4 is 10.1 Å². The molecule has 136 valence electrons. The minimum atomic E-state index is -0.301. The lowest BCUT2D eigenvalue weighted by atomic mass is 10.0. The standard InChI is InChI=1S/C18H27N5O2/c1-11(6-13-4-5-19-17(7-13)25-3)20-10-15-8-14(9-16(15)24)18-21-12(2)22-23-18/h4-5,7,11,14-16,20,24H,6,8-10H2,1-3H3,(H,21,22,23)/t11?,14-,15+,16+/m0/s1. The van der Waals surface area contributed by atoms with Gasteiger partial charge < -0.3 is 15.2 Å². The summed E-state index contributed by atoms with van der Waals surface area (Å²) in [6, 6.07) is 4.28. The lowest BCUT2D eigenvalue weighted by molar-refractivity contribution is 0.129. The fourth-order valence-corrected chi connectivity index (χ4v) is 3.54. The summed E-state index contributed by atoms with van der Waals surface area (Å²) in [5.41, 5.74) is 1.19. The highest BCUT2D eigenvalue weighted by Crippen LogP contribution is 2.36. The molecule has 2 aromatic heterocycles. The fourth-order valence-electron chi connectivity index (χ4n) is 3.54.